The van der Waals surface area contributed by atoms with Crippen LogP contribution in [0.3, 0.4) is 0 Å². The van der Waals surface area contributed by atoms with E-state index in [2.05, 4.69) is 31.0 Å². The van der Waals surface area contributed by atoms with E-state index in [0.717, 1.165) is 12.2 Å². The standard InChI is InChI=1S/C17H28N2O2/c1-6-19(13(4)5)15-9-7-14(8-10-15)17(21)18-11-16(20)12(2)3/h7-10,12-13,16,20H,6,11H2,1-5H3,(H,18,21). The summed E-state index contributed by atoms with van der Waals surface area (Å²) >= 11 is 0. The van der Waals surface area contributed by atoms with E-state index in [0.29, 0.717) is 11.6 Å². The van der Waals surface area contributed by atoms with Crippen molar-refractivity contribution in [3.8, 4) is 0 Å². The van der Waals surface area contributed by atoms with Crippen LogP contribution in [0.1, 0.15) is 45.0 Å². The van der Waals surface area contributed by atoms with E-state index in [4.69, 9.17) is 0 Å². The number of anilines is 1. The number of aliphatic hydroxyl groups excluding tert-OH is 1. The molecule has 1 unspecified atom stereocenters. The summed E-state index contributed by atoms with van der Waals surface area (Å²) in [5.41, 5.74) is 1.74. The first kappa shape index (κ1) is 17.5. The van der Waals surface area contributed by atoms with Crippen molar-refractivity contribution in [2.24, 2.45) is 5.92 Å². The highest BCUT2D eigenvalue weighted by molar-refractivity contribution is 5.94. The Labute approximate surface area is 128 Å². The molecule has 1 aromatic rings. The lowest BCUT2D eigenvalue weighted by Gasteiger charge is -2.27. The van der Waals surface area contributed by atoms with Gasteiger partial charge in [-0.3, -0.25) is 4.79 Å². The Morgan fingerprint density at radius 2 is 1.76 bits per heavy atom. The van der Waals surface area contributed by atoms with Gasteiger partial charge in [-0.2, -0.15) is 0 Å². The Balaban J connectivity index is 2.67. The zero-order chi connectivity index (χ0) is 16.0. The van der Waals surface area contributed by atoms with Crippen LogP contribution in [0.25, 0.3) is 0 Å². The summed E-state index contributed by atoms with van der Waals surface area (Å²) in [6.07, 6.45) is -0.509. The first-order chi connectivity index (χ1) is 9.86. The highest BCUT2D eigenvalue weighted by atomic mass is 16.3. The zero-order valence-corrected chi connectivity index (χ0v) is 13.8. The number of amides is 1. The Hall–Kier alpha value is -1.55. The number of rotatable bonds is 7. The molecule has 4 heteroatoms. The third-order valence-corrected chi connectivity index (χ3v) is 3.67. The van der Waals surface area contributed by atoms with Gasteiger partial charge in [0.25, 0.3) is 5.91 Å². The lowest BCUT2D eigenvalue weighted by Crippen LogP contribution is -2.34. The Bertz CT molecular complexity index is 441. The van der Waals surface area contributed by atoms with Gasteiger partial charge in [0.2, 0.25) is 0 Å². The van der Waals surface area contributed by atoms with Crippen LogP contribution < -0.4 is 10.2 Å². The van der Waals surface area contributed by atoms with Gasteiger partial charge in [-0.15, -0.1) is 0 Å². The van der Waals surface area contributed by atoms with Gasteiger partial charge >= 0.3 is 0 Å². The maximum absolute atomic E-state index is 12.0. The average Bonchev–Trinajstić information content (AvgIpc) is 2.45. The molecule has 0 radical (unpaired) electrons. The minimum Gasteiger partial charge on any atom is -0.391 e. The topological polar surface area (TPSA) is 52.6 Å². The molecule has 0 saturated heterocycles. The van der Waals surface area contributed by atoms with Gasteiger partial charge in [-0.25, -0.2) is 0 Å². The maximum Gasteiger partial charge on any atom is 0.251 e. The number of benzene rings is 1. The molecule has 2 N–H and O–H groups in total. The molecule has 118 valence electrons. The molecule has 4 nitrogen and oxygen atoms in total. The smallest absolute Gasteiger partial charge is 0.251 e. The largest absolute Gasteiger partial charge is 0.391 e. The number of aliphatic hydroxyl groups is 1. The minimum absolute atomic E-state index is 0.136. The molecule has 1 rings (SSSR count). The second-order valence-corrected chi connectivity index (χ2v) is 5.95. The van der Waals surface area contributed by atoms with Gasteiger partial charge in [-0.05, 0) is 51.0 Å². The summed E-state index contributed by atoms with van der Waals surface area (Å²) in [6, 6.07) is 8.03. The van der Waals surface area contributed by atoms with Gasteiger partial charge in [0.15, 0.2) is 0 Å². The average molecular weight is 292 g/mol. The van der Waals surface area contributed by atoms with Gasteiger partial charge in [-0.1, -0.05) is 13.8 Å². The molecule has 21 heavy (non-hydrogen) atoms. The van der Waals surface area contributed by atoms with Crippen molar-refractivity contribution < 1.29 is 9.90 Å². The van der Waals surface area contributed by atoms with Crippen LogP contribution >= 0.6 is 0 Å². The Kier molecular flexibility index (Phi) is 6.69. The first-order valence-electron chi connectivity index (χ1n) is 7.69. The lowest BCUT2D eigenvalue weighted by atomic mass is 10.1. The van der Waals surface area contributed by atoms with E-state index in [1.165, 1.54) is 0 Å². The fourth-order valence-electron chi connectivity index (χ4n) is 2.19. The number of carbonyl (C=O) groups is 1. The zero-order valence-electron chi connectivity index (χ0n) is 13.8. The highest BCUT2D eigenvalue weighted by Gasteiger charge is 2.13. The van der Waals surface area contributed by atoms with Crippen LogP contribution in [-0.4, -0.2) is 36.2 Å². The number of nitrogens with one attached hydrogen (secondary N) is 1. The van der Waals surface area contributed by atoms with Crippen molar-refractivity contribution >= 4 is 11.6 Å². The number of hydrogen-bond donors (Lipinski definition) is 2. The van der Waals surface area contributed by atoms with Gasteiger partial charge in [0, 0.05) is 30.4 Å². The lowest BCUT2D eigenvalue weighted by molar-refractivity contribution is 0.0871. The summed E-state index contributed by atoms with van der Waals surface area (Å²) in [4.78, 5) is 14.3. The van der Waals surface area contributed by atoms with E-state index >= 15 is 0 Å². The molecule has 0 heterocycles. The van der Waals surface area contributed by atoms with Crippen LogP contribution in [0.2, 0.25) is 0 Å². The molecule has 0 aliphatic carbocycles. The molecule has 1 atom stereocenters. The molecule has 1 amide bonds. The fraction of sp³-hybridized carbons (Fsp3) is 0.588. The summed E-state index contributed by atoms with van der Waals surface area (Å²) in [6.45, 7) is 11.5. The predicted molar refractivity (Wildman–Crippen MR) is 87.8 cm³/mol. The summed E-state index contributed by atoms with van der Waals surface area (Å²) in [7, 11) is 0. The molecule has 0 saturated carbocycles. The molecule has 0 fully saturated rings. The molecule has 0 aliphatic heterocycles. The summed E-state index contributed by atoms with van der Waals surface area (Å²) in [5, 5.41) is 12.5. The molecule has 0 spiro atoms. The predicted octanol–water partition coefficient (Wildman–Crippen LogP) is 2.67. The first-order valence-corrected chi connectivity index (χ1v) is 7.69. The molecule has 0 aromatic heterocycles. The molecule has 0 aliphatic rings. The highest BCUT2D eigenvalue weighted by Crippen LogP contribution is 2.17. The molecular weight excluding hydrogens is 264 g/mol. The van der Waals surface area contributed by atoms with Gasteiger partial charge < -0.3 is 15.3 Å². The summed E-state index contributed by atoms with van der Waals surface area (Å²) in [5.74, 6) is -0.00863. The number of hydrogen-bond acceptors (Lipinski definition) is 3. The maximum atomic E-state index is 12.0. The van der Waals surface area contributed by atoms with Crippen LogP contribution in [0.5, 0.6) is 0 Å². The molecular formula is C17H28N2O2. The third kappa shape index (κ3) is 5.05. The van der Waals surface area contributed by atoms with Gasteiger partial charge in [0.1, 0.15) is 0 Å². The second-order valence-electron chi connectivity index (χ2n) is 5.95. The molecule has 1 aromatic carbocycles. The quantitative estimate of drug-likeness (QED) is 0.812. The van der Waals surface area contributed by atoms with Crippen molar-refractivity contribution in [3.63, 3.8) is 0 Å². The Morgan fingerprint density at radius 1 is 1.19 bits per heavy atom. The fourth-order valence-corrected chi connectivity index (χ4v) is 2.19. The Morgan fingerprint density at radius 3 is 2.19 bits per heavy atom. The van der Waals surface area contributed by atoms with E-state index in [-0.39, 0.29) is 18.4 Å². The van der Waals surface area contributed by atoms with E-state index in [9.17, 15) is 9.90 Å². The summed E-state index contributed by atoms with van der Waals surface area (Å²) < 4.78 is 0. The van der Waals surface area contributed by atoms with Crippen molar-refractivity contribution in [1.82, 2.24) is 5.32 Å². The van der Waals surface area contributed by atoms with Gasteiger partial charge in [0.05, 0.1) is 6.10 Å². The van der Waals surface area contributed by atoms with Crippen LogP contribution in [0.4, 0.5) is 5.69 Å². The van der Waals surface area contributed by atoms with Crippen molar-refractivity contribution in [1.29, 1.82) is 0 Å². The van der Waals surface area contributed by atoms with Crippen molar-refractivity contribution in [2.75, 3.05) is 18.0 Å². The van der Waals surface area contributed by atoms with Crippen LogP contribution in [-0.2, 0) is 0 Å². The number of carbonyl (C=O) groups excluding carboxylic acids is 1. The van der Waals surface area contributed by atoms with Crippen molar-refractivity contribution in [3.05, 3.63) is 29.8 Å². The second kappa shape index (κ2) is 8.03. The van der Waals surface area contributed by atoms with E-state index in [1.807, 2.05) is 38.1 Å². The van der Waals surface area contributed by atoms with Crippen LogP contribution in [0, 0.1) is 5.92 Å². The normalized spacial score (nSPS) is 12.6. The SMILES string of the molecule is CCN(c1ccc(C(=O)NCC(O)C(C)C)cc1)C(C)C. The monoisotopic (exact) mass is 292 g/mol. The third-order valence-electron chi connectivity index (χ3n) is 3.67. The van der Waals surface area contributed by atoms with E-state index in [1.54, 1.807) is 0 Å². The van der Waals surface area contributed by atoms with E-state index < -0.39 is 6.10 Å². The molecule has 0 bridgehead atoms. The van der Waals surface area contributed by atoms with Crippen LogP contribution in [0.15, 0.2) is 24.3 Å². The minimum atomic E-state index is -0.509. The number of nitrogens with zero attached hydrogens (tertiary/aromatic N) is 1. The van der Waals surface area contributed by atoms with Crippen molar-refractivity contribution in [2.45, 2.75) is 46.8 Å².